The van der Waals surface area contributed by atoms with Crippen LogP contribution in [0.1, 0.15) is 85.3 Å². The molecular weight excluding hydrogens is 420 g/mol. The van der Waals surface area contributed by atoms with Gasteiger partial charge in [-0.2, -0.15) is 0 Å². The van der Waals surface area contributed by atoms with E-state index >= 15 is 0 Å². The van der Waals surface area contributed by atoms with E-state index in [9.17, 15) is 0 Å². The van der Waals surface area contributed by atoms with Gasteiger partial charge >= 0.3 is 0 Å². The zero-order valence-electron chi connectivity index (χ0n) is 20.6. The van der Waals surface area contributed by atoms with Crippen molar-refractivity contribution in [2.75, 3.05) is 0 Å². The second kappa shape index (κ2) is 8.37. The van der Waals surface area contributed by atoms with Crippen LogP contribution in [-0.4, -0.2) is 9.97 Å². The second-order valence-electron chi connectivity index (χ2n) is 9.17. The Morgan fingerprint density at radius 2 is 1.12 bits per heavy atom. The topological polar surface area (TPSA) is 87.6 Å². The van der Waals surface area contributed by atoms with Crippen molar-refractivity contribution in [3.8, 4) is 0 Å². The maximum absolute atomic E-state index is 7.21. The van der Waals surface area contributed by atoms with Crippen molar-refractivity contribution < 1.29 is 22.4 Å². The largest absolute Gasteiger partial charge is 0.472 e. The molecular formula is C26H32N2O5. The van der Waals surface area contributed by atoms with Crippen molar-refractivity contribution in [1.29, 1.82) is 0 Å². The molecule has 0 bridgehead atoms. The number of furan rings is 2. The molecule has 176 valence electrons. The number of hydrogen-bond donors (Lipinski definition) is 0. The van der Waals surface area contributed by atoms with Gasteiger partial charge in [-0.05, 0) is 51.0 Å². The molecule has 0 saturated heterocycles. The molecule has 4 rings (SSSR count). The molecule has 0 aromatic carbocycles. The first-order valence-electron chi connectivity index (χ1n) is 11.2. The number of oxazole rings is 2. The summed E-state index contributed by atoms with van der Waals surface area (Å²) < 4.78 is 30.3. The molecule has 7 nitrogen and oxygen atoms in total. The van der Waals surface area contributed by atoms with Crippen LogP contribution >= 0.6 is 0 Å². The lowest BCUT2D eigenvalue weighted by molar-refractivity contribution is -0.188. The first-order chi connectivity index (χ1) is 15.6. The lowest BCUT2D eigenvalue weighted by Crippen LogP contribution is -2.44. The highest BCUT2D eigenvalue weighted by molar-refractivity contribution is 5.29. The van der Waals surface area contributed by atoms with Gasteiger partial charge in [-0.15, -0.1) is 0 Å². The number of aromatic nitrogens is 2. The molecule has 0 aliphatic carbocycles. The Morgan fingerprint density at radius 3 is 1.39 bits per heavy atom. The van der Waals surface area contributed by atoms with Gasteiger partial charge in [-0.25, -0.2) is 9.97 Å². The molecule has 4 heterocycles. The summed E-state index contributed by atoms with van der Waals surface area (Å²) in [6.07, 6.45) is 6.82. The van der Waals surface area contributed by atoms with Gasteiger partial charge in [0.2, 0.25) is 0 Å². The normalized spacial score (nSPS) is 17.5. The molecule has 0 aliphatic rings. The maximum Gasteiger partial charge on any atom is 0.191 e. The van der Waals surface area contributed by atoms with Crippen LogP contribution in [0.3, 0.4) is 0 Å². The third-order valence-corrected chi connectivity index (χ3v) is 6.87. The minimum atomic E-state index is -0.908. The summed E-state index contributed by atoms with van der Waals surface area (Å²) in [5.74, 6) is 2.28. The molecule has 33 heavy (non-hydrogen) atoms. The van der Waals surface area contributed by atoms with Crippen molar-refractivity contribution in [1.82, 2.24) is 9.97 Å². The van der Waals surface area contributed by atoms with Crippen LogP contribution in [0.5, 0.6) is 0 Å². The third-order valence-electron chi connectivity index (χ3n) is 6.87. The van der Waals surface area contributed by atoms with Gasteiger partial charge in [0.15, 0.2) is 23.3 Å². The first-order valence-corrected chi connectivity index (χ1v) is 11.2. The fraction of sp³-hybridized carbons (Fsp3) is 0.462. The molecule has 4 unspecified atom stereocenters. The predicted molar refractivity (Wildman–Crippen MR) is 122 cm³/mol. The monoisotopic (exact) mass is 452 g/mol. The van der Waals surface area contributed by atoms with E-state index in [-0.39, 0.29) is 11.8 Å². The third kappa shape index (κ3) is 3.95. The van der Waals surface area contributed by atoms with Gasteiger partial charge in [0, 0.05) is 25.7 Å². The molecule has 7 heteroatoms. The fourth-order valence-corrected chi connectivity index (χ4v) is 4.77. The minimum absolute atomic E-state index is 0.123. The molecule has 0 spiro atoms. The Morgan fingerprint density at radius 1 is 0.727 bits per heavy atom. The van der Waals surface area contributed by atoms with Crippen LogP contribution in [0, 0.1) is 27.7 Å². The van der Waals surface area contributed by atoms with Crippen molar-refractivity contribution in [2.45, 2.75) is 78.4 Å². The van der Waals surface area contributed by atoms with Crippen LogP contribution in [-0.2, 0) is 15.9 Å². The van der Waals surface area contributed by atoms with Gasteiger partial charge in [0.25, 0.3) is 0 Å². The van der Waals surface area contributed by atoms with E-state index in [1.54, 1.807) is 25.1 Å². The Labute approximate surface area is 194 Å². The number of nitrogens with zero attached hydrogens (tertiary/aromatic N) is 2. The summed E-state index contributed by atoms with van der Waals surface area (Å²) in [4.78, 5) is 9.08. The predicted octanol–water partition coefficient (Wildman–Crippen LogP) is 6.84. The van der Waals surface area contributed by atoms with Gasteiger partial charge in [0.05, 0.1) is 36.4 Å². The zero-order chi connectivity index (χ0) is 24.0. The van der Waals surface area contributed by atoms with Crippen molar-refractivity contribution in [3.63, 3.8) is 0 Å². The van der Waals surface area contributed by atoms with Crippen molar-refractivity contribution in [2.24, 2.45) is 0 Å². The number of ether oxygens (including phenoxy) is 1. The lowest BCUT2D eigenvalue weighted by atomic mass is 9.78. The molecule has 0 fully saturated rings. The second-order valence-corrected chi connectivity index (χ2v) is 9.17. The summed E-state index contributed by atoms with van der Waals surface area (Å²) in [5, 5.41) is 0. The van der Waals surface area contributed by atoms with E-state index in [0.29, 0.717) is 23.3 Å². The highest BCUT2D eigenvalue weighted by Gasteiger charge is 2.51. The molecule has 0 amide bonds. The van der Waals surface area contributed by atoms with E-state index in [4.69, 9.17) is 22.4 Å². The van der Waals surface area contributed by atoms with Gasteiger partial charge in [0.1, 0.15) is 11.2 Å². The van der Waals surface area contributed by atoms with Crippen LogP contribution < -0.4 is 0 Å². The van der Waals surface area contributed by atoms with E-state index in [1.165, 1.54) is 0 Å². The van der Waals surface area contributed by atoms with Gasteiger partial charge in [-0.1, -0.05) is 13.8 Å². The van der Waals surface area contributed by atoms with E-state index < -0.39 is 11.2 Å². The van der Waals surface area contributed by atoms with E-state index in [0.717, 1.165) is 22.5 Å². The van der Waals surface area contributed by atoms with E-state index in [2.05, 4.69) is 23.8 Å². The first kappa shape index (κ1) is 23.1. The van der Waals surface area contributed by atoms with Gasteiger partial charge in [-0.3, -0.25) is 0 Å². The van der Waals surface area contributed by atoms with Crippen LogP contribution in [0.2, 0.25) is 0 Å². The number of hydrogen-bond acceptors (Lipinski definition) is 7. The van der Waals surface area contributed by atoms with Crippen molar-refractivity contribution in [3.05, 3.63) is 83.0 Å². The van der Waals surface area contributed by atoms with Crippen LogP contribution in [0.4, 0.5) is 0 Å². The van der Waals surface area contributed by atoms with Crippen molar-refractivity contribution >= 4 is 0 Å². The summed E-state index contributed by atoms with van der Waals surface area (Å²) in [6.45, 7) is 15.8. The Kier molecular flexibility index (Phi) is 5.86. The maximum atomic E-state index is 7.21. The zero-order valence-corrected chi connectivity index (χ0v) is 20.6. The fourth-order valence-electron chi connectivity index (χ4n) is 4.77. The molecule has 0 saturated carbocycles. The summed E-state index contributed by atoms with van der Waals surface area (Å²) in [5.41, 5.74) is 1.75. The number of aryl methyl sites for hydroxylation is 4. The molecule has 0 radical (unpaired) electrons. The average Bonchev–Trinajstić information content (AvgIpc) is 3.55. The van der Waals surface area contributed by atoms with E-state index in [1.807, 2.05) is 53.7 Å². The minimum Gasteiger partial charge on any atom is -0.472 e. The Hall–Kier alpha value is -3.06. The Bertz CT molecular complexity index is 1110. The summed E-state index contributed by atoms with van der Waals surface area (Å²) in [6, 6.07) is 3.90. The van der Waals surface area contributed by atoms with Gasteiger partial charge < -0.3 is 22.4 Å². The van der Waals surface area contributed by atoms with Crippen LogP contribution in [0.15, 0.2) is 54.9 Å². The molecule has 4 aromatic heterocycles. The highest BCUT2D eigenvalue weighted by Crippen LogP contribution is 2.51. The molecule has 4 aromatic rings. The lowest BCUT2D eigenvalue weighted by Gasteiger charge is -2.44. The molecule has 0 N–H and O–H groups in total. The Balaban J connectivity index is 1.91. The average molecular weight is 453 g/mol. The summed E-state index contributed by atoms with van der Waals surface area (Å²) in [7, 11) is 0. The quantitative estimate of drug-likeness (QED) is 0.289. The smallest absolute Gasteiger partial charge is 0.191 e. The number of rotatable bonds is 8. The molecule has 0 aliphatic heterocycles. The van der Waals surface area contributed by atoms with Crippen LogP contribution in [0.25, 0.3) is 0 Å². The summed E-state index contributed by atoms with van der Waals surface area (Å²) >= 11 is 0. The standard InChI is InChI=1S/C26H32N2O5/c1-15(21-9-11-29-13-21)25(7,23-17(3)27-19(5)31-23)33-26(8,16(2)22-10-12-30-14-22)24-18(4)28-20(6)32-24/h9-16H,1-8H3. The highest BCUT2D eigenvalue weighted by atomic mass is 16.5. The molecule has 4 atom stereocenters. The SMILES string of the molecule is Cc1nc(C)c(C(C)(OC(C)(c2oc(C)nc2C)C(C)c2ccoc2)C(C)c2ccoc2)o1.